The van der Waals surface area contributed by atoms with Crippen molar-refractivity contribution in [2.24, 2.45) is 0 Å². The highest BCUT2D eigenvalue weighted by Gasteiger charge is 2.20. The lowest BCUT2D eigenvalue weighted by Crippen LogP contribution is -2.49. The van der Waals surface area contributed by atoms with Gasteiger partial charge in [-0.1, -0.05) is 18.2 Å². The first-order chi connectivity index (χ1) is 12.2. The van der Waals surface area contributed by atoms with Gasteiger partial charge in [0.2, 0.25) is 0 Å². The second-order valence-corrected chi connectivity index (χ2v) is 7.40. The van der Waals surface area contributed by atoms with Crippen LogP contribution >= 0.6 is 24.8 Å². The molecule has 0 unspecified atom stereocenters. The lowest BCUT2D eigenvalue weighted by atomic mass is 10.1. The van der Waals surface area contributed by atoms with E-state index in [1.807, 2.05) is 13.0 Å². The Labute approximate surface area is 173 Å². The SMILES string of the molecule is Cc1cccc2cc(N3CCN(CCN4CCCC4)CC3)c(=O)[nH]c12.Cl.Cl. The van der Waals surface area contributed by atoms with Crippen LogP contribution in [0.3, 0.4) is 0 Å². The van der Waals surface area contributed by atoms with Gasteiger partial charge in [0, 0.05) is 44.7 Å². The molecule has 4 rings (SSSR count). The van der Waals surface area contributed by atoms with Gasteiger partial charge in [-0.2, -0.15) is 0 Å². The van der Waals surface area contributed by atoms with Gasteiger partial charge >= 0.3 is 0 Å². The third-order valence-electron chi connectivity index (χ3n) is 5.71. The molecule has 27 heavy (non-hydrogen) atoms. The van der Waals surface area contributed by atoms with Crippen molar-refractivity contribution in [3.05, 3.63) is 40.2 Å². The van der Waals surface area contributed by atoms with E-state index in [0.29, 0.717) is 0 Å². The number of benzene rings is 1. The maximum atomic E-state index is 12.5. The number of rotatable bonds is 4. The second kappa shape index (κ2) is 9.78. The summed E-state index contributed by atoms with van der Waals surface area (Å²) in [6.45, 7) is 10.9. The molecule has 0 aliphatic carbocycles. The molecule has 1 aromatic heterocycles. The maximum absolute atomic E-state index is 12.5. The minimum Gasteiger partial charge on any atom is -0.365 e. The van der Waals surface area contributed by atoms with Gasteiger partial charge in [0.05, 0.1) is 5.52 Å². The number of anilines is 1. The number of aromatic nitrogens is 1. The van der Waals surface area contributed by atoms with Gasteiger partial charge in [-0.15, -0.1) is 24.8 Å². The van der Waals surface area contributed by atoms with Crippen molar-refractivity contribution in [2.75, 3.05) is 57.3 Å². The van der Waals surface area contributed by atoms with E-state index in [1.54, 1.807) is 0 Å². The first-order valence-electron chi connectivity index (χ1n) is 9.53. The van der Waals surface area contributed by atoms with Crippen LogP contribution in [0.25, 0.3) is 10.9 Å². The molecule has 0 bridgehead atoms. The van der Waals surface area contributed by atoms with Gasteiger partial charge in [0.15, 0.2) is 0 Å². The number of para-hydroxylation sites is 1. The number of piperazine rings is 1. The van der Waals surface area contributed by atoms with Crippen molar-refractivity contribution in [3.63, 3.8) is 0 Å². The first kappa shape index (κ1) is 22.0. The highest BCUT2D eigenvalue weighted by Crippen LogP contribution is 2.20. The molecule has 0 atom stereocenters. The van der Waals surface area contributed by atoms with Crippen molar-refractivity contribution in [1.82, 2.24) is 14.8 Å². The van der Waals surface area contributed by atoms with Crippen molar-refractivity contribution < 1.29 is 0 Å². The van der Waals surface area contributed by atoms with Gasteiger partial charge in [-0.25, -0.2) is 0 Å². The molecule has 2 aromatic rings. The lowest BCUT2D eigenvalue weighted by Gasteiger charge is -2.36. The van der Waals surface area contributed by atoms with Crippen LogP contribution in [0.1, 0.15) is 18.4 Å². The van der Waals surface area contributed by atoms with Gasteiger partial charge in [-0.3, -0.25) is 9.69 Å². The normalized spacial score (nSPS) is 18.3. The number of aromatic amines is 1. The number of nitrogens with zero attached hydrogens (tertiary/aromatic N) is 3. The summed E-state index contributed by atoms with van der Waals surface area (Å²) in [6.07, 6.45) is 2.72. The molecular formula is C20H30Cl2N4O. The smallest absolute Gasteiger partial charge is 0.271 e. The number of hydrogen-bond acceptors (Lipinski definition) is 4. The van der Waals surface area contributed by atoms with E-state index < -0.39 is 0 Å². The zero-order valence-corrected chi connectivity index (χ0v) is 17.6. The van der Waals surface area contributed by atoms with Crippen LogP contribution in [0, 0.1) is 6.92 Å². The summed E-state index contributed by atoms with van der Waals surface area (Å²) in [7, 11) is 0. The minimum absolute atomic E-state index is 0. The number of nitrogens with one attached hydrogen (secondary N) is 1. The molecule has 2 fully saturated rings. The average molecular weight is 413 g/mol. The largest absolute Gasteiger partial charge is 0.365 e. The lowest BCUT2D eigenvalue weighted by molar-refractivity contribution is 0.215. The number of halogens is 2. The van der Waals surface area contributed by atoms with Crippen LogP contribution in [0.5, 0.6) is 0 Å². The van der Waals surface area contributed by atoms with Crippen LogP contribution in [-0.4, -0.2) is 67.1 Å². The molecule has 0 saturated carbocycles. The Balaban J connectivity index is 0.00000131. The number of aryl methyl sites for hydroxylation is 1. The summed E-state index contributed by atoms with van der Waals surface area (Å²) in [4.78, 5) is 23.0. The van der Waals surface area contributed by atoms with E-state index in [-0.39, 0.29) is 30.4 Å². The number of hydrogen-bond donors (Lipinski definition) is 1. The number of fused-ring (bicyclic) bond motifs is 1. The average Bonchev–Trinajstić information content (AvgIpc) is 3.14. The Hall–Kier alpha value is -1.27. The van der Waals surface area contributed by atoms with Gasteiger partial charge in [-0.05, 0) is 44.5 Å². The van der Waals surface area contributed by atoms with E-state index in [9.17, 15) is 4.79 Å². The first-order valence-corrected chi connectivity index (χ1v) is 9.53. The Morgan fingerprint density at radius 1 is 0.926 bits per heavy atom. The summed E-state index contributed by atoms with van der Waals surface area (Å²) >= 11 is 0. The minimum atomic E-state index is 0. The molecule has 2 aliphatic rings. The van der Waals surface area contributed by atoms with E-state index in [2.05, 4.69) is 37.9 Å². The summed E-state index contributed by atoms with van der Waals surface area (Å²) in [5.41, 5.74) is 2.93. The number of likely N-dealkylation sites (tertiary alicyclic amines) is 1. The summed E-state index contributed by atoms with van der Waals surface area (Å²) in [6, 6.07) is 8.22. The van der Waals surface area contributed by atoms with E-state index in [0.717, 1.165) is 54.9 Å². The van der Waals surface area contributed by atoms with E-state index in [4.69, 9.17) is 0 Å². The molecule has 1 aromatic carbocycles. The van der Waals surface area contributed by atoms with Gasteiger partial charge in [0.1, 0.15) is 5.69 Å². The molecule has 0 spiro atoms. The van der Waals surface area contributed by atoms with Gasteiger partial charge < -0.3 is 14.8 Å². The van der Waals surface area contributed by atoms with Gasteiger partial charge in [0.25, 0.3) is 5.56 Å². The Morgan fingerprint density at radius 2 is 1.56 bits per heavy atom. The number of H-pyrrole nitrogens is 1. The van der Waals surface area contributed by atoms with Crippen LogP contribution in [0.2, 0.25) is 0 Å². The topological polar surface area (TPSA) is 42.6 Å². The fourth-order valence-electron chi connectivity index (χ4n) is 4.11. The fourth-order valence-corrected chi connectivity index (χ4v) is 4.11. The molecule has 5 nitrogen and oxygen atoms in total. The Morgan fingerprint density at radius 3 is 2.22 bits per heavy atom. The van der Waals surface area contributed by atoms with Crippen molar-refractivity contribution in [2.45, 2.75) is 19.8 Å². The van der Waals surface area contributed by atoms with Crippen LogP contribution < -0.4 is 10.5 Å². The molecule has 2 saturated heterocycles. The third kappa shape index (κ3) is 4.96. The highest BCUT2D eigenvalue weighted by atomic mass is 35.5. The van der Waals surface area contributed by atoms with Crippen molar-refractivity contribution in [1.29, 1.82) is 0 Å². The predicted molar refractivity (Wildman–Crippen MR) is 118 cm³/mol. The molecule has 150 valence electrons. The molecule has 7 heteroatoms. The summed E-state index contributed by atoms with van der Waals surface area (Å²) in [5.74, 6) is 0. The van der Waals surface area contributed by atoms with E-state index >= 15 is 0 Å². The monoisotopic (exact) mass is 412 g/mol. The van der Waals surface area contributed by atoms with Crippen LogP contribution in [-0.2, 0) is 0 Å². The Bertz CT molecular complexity index is 796. The zero-order valence-electron chi connectivity index (χ0n) is 15.9. The summed E-state index contributed by atoms with van der Waals surface area (Å²) < 4.78 is 0. The molecule has 0 radical (unpaired) electrons. The Kier molecular flexibility index (Phi) is 7.98. The predicted octanol–water partition coefficient (Wildman–Crippen LogP) is 2.90. The quantitative estimate of drug-likeness (QED) is 0.837. The molecule has 3 heterocycles. The molecule has 1 N–H and O–H groups in total. The summed E-state index contributed by atoms with van der Waals surface area (Å²) in [5, 5.41) is 1.12. The van der Waals surface area contributed by atoms with Crippen molar-refractivity contribution in [3.8, 4) is 0 Å². The zero-order chi connectivity index (χ0) is 17.2. The second-order valence-electron chi connectivity index (χ2n) is 7.40. The fraction of sp³-hybridized carbons (Fsp3) is 0.550. The number of pyridine rings is 1. The maximum Gasteiger partial charge on any atom is 0.271 e. The van der Waals surface area contributed by atoms with Crippen LogP contribution in [0.15, 0.2) is 29.1 Å². The highest BCUT2D eigenvalue weighted by molar-refractivity contribution is 5.86. The van der Waals surface area contributed by atoms with Crippen molar-refractivity contribution >= 4 is 41.4 Å². The van der Waals surface area contributed by atoms with E-state index in [1.165, 1.54) is 32.5 Å². The molecule has 0 amide bonds. The standard InChI is InChI=1S/C20H28N4O.2ClH/c1-16-5-4-6-17-15-18(20(25)21-19(16)17)24-13-11-23(12-14-24)10-9-22-7-2-3-8-22;;/h4-6,15H,2-3,7-14H2,1H3,(H,21,25);2*1H. The third-order valence-corrected chi connectivity index (χ3v) is 5.71. The van der Waals surface area contributed by atoms with Crippen LogP contribution in [0.4, 0.5) is 5.69 Å². The molecular weight excluding hydrogens is 383 g/mol. The molecule has 2 aliphatic heterocycles.